The van der Waals surface area contributed by atoms with E-state index < -0.39 is 12.3 Å². The van der Waals surface area contributed by atoms with E-state index in [9.17, 15) is 19.8 Å². The van der Waals surface area contributed by atoms with Crippen molar-refractivity contribution in [2.24, 2.45) is 5.92 Å². The molecule has 6 rings (SSSR count). The highest BCUT2D eigenvalue weighted by atomic mass is 32.2. The van der Waals surface area contributed by atoms with Crippen LogP contribution in [0.25, 0.3) is 11.1 Å². The van der Waals surface area contributed by atoms with Crippen LogP contribution in [-0.4, -0.2) is 33.9 Å². The molecule has 1 aliphatic rings. The first-order chi connectivity index (χ1) is 23.4. The highest BCUT2D eigenvalue weighted by Gasteiger charge is 2.38. The number of rotatable bonds is 11. The van der Waals surface area contributed by atoms with Gasteiger partial charge in [0.25, 0.3) is 5.91 Å². The molecule has 0 aromatic heterocycles. The summed E-state index contributed by atoms with van der Waals surface area (Å²) in [5, 5.41) is 21.9. The molecule has 5 aromatic carbocycles. The summed E-state index contributed by atoms with van der Waals surface area (Å²) in [6, 6.07) is 40.2. The SMILES string of the molecule is C[C@H]1[C@@H](CSc2ccc(C(=O)O)cc2)O[C@@H](c2cccc(-c3cccc(CNC(=O)c4ccccc4)c3)c2)O[C@H]1c1ccc(CO)cc1. The summed E-state index contributed by atoms with van der Waals surface area (Å²) in [5.41, 5.74) is 6.61. The molecule has 0 saturated carbocycles. The fourth-order valence-electron chi connectivity index (χ4n) is 5.78. The molecule has 1 saturated heterocycles. The van der Waals surface area contributed by atoms with E-state index >= 15 is 0 Å². The van der Waals surface area contributed by atoms with Gasteiger partial charge in [-0.15, -0.1) is 11.8 Å². The first kappa shape index (κ1) is 33.2. The van der Waals surface area contributed by atoms with Gasteiger partial charge in [-0.1, -0.05) is 85.8 Å². The second-order valence-electron chi connectivity index (χ2n) is 11.8. The average Bonchev–Trinajstić information content (AvgIpc) is 3.14. The van der Waals surface area contributed by atoms with Gasteiger partial charge >= 0.3 is 5.97 Å². The van der Waals surface area contributed by atoms with Gasteiger partial charge in [0.2, 0.25) is 0 Å². The monoisotopic (exact) mass is 659 g/mol. The van der Waals surface area contributed by atoms with Crippen molar-refractivity contribution in [1.82, 2.24) is 5.32 Å². The quantitative estimate of drug-likeness (QED) is 0.123. The highest BCUT2D eigenvalue weighted by molar-refractivity contribution is 7.99. The molecular formula is C40H37NO6S. The van der Waals surface area contributed by atoms with Crippen LogP contribution in [0.3, 0.4) is 0 Å². The van der Waals surface area contributed by atoms with Crippen LogP contribution in [0, 0.1) is 5.92 Å². The number of amides is 1. The van der Waals surface area contributed by atoms with Crippen molar-refractivity contribution < 1.29 is 29.3 Å². The molecule has 4 atom stereocenters. The predicted molar refractivity (Wildman–Crippen MR) is 187 cm³/mol. The lowest BCUT2D eigenvalue weighted by atomic mass is 9.91. The number of carboxylic acid groups (broad SMARTS) is 1. The largest absolute Gasteiger partial charge is 0.478 e. The van der Waals surface area contributed by atoms with E-state index in [1.807, 2.05) is 84.9 Å². The zero-order valence-electron chi connectivity index (χ0n) is 26.5. The first-order valence-corrected chi connectivity index (χ1v) is 16.9. The Balaban J connectivity index is 1.22. The second-order valence-corrected chi connectivity index (χ2v) is 12.9. The topological polar surface area (TPSA) is 105 Å². The molecule has 1 amide bonds. The molecule has 0 aliphatic carbocycles. The Kier molecular flexibility index (Phi) is 10.7. The maximum atomic E-state index is 12.6. The zero-order valence-corrected chi connectivity index (χ0v) is 27.3. The third-order valence-corrected chi connectivity index (χ3v) is 9.65. The lowest BCUT2D eigenvalue weighted by Gasteiger charge is -2.41. The smallest absolute Gasteiger partial charge is 0.335 e. The number of aliphatic hydroxyl groups is 1. The fraction of sp³-hybridized carbons (Fsp3) is 0.200. The number of carbonyl (C=O) groups excluding carboxylic acids is 1. The van der Waals surface area contributed by atoms with Crippen molar-refractivity contribution in [3.8, 4) is 11.1 Å². The van der Waals surface area contributed by atoms with Gasteiger partial charge in [-0.2, -0.15) is 0 Å². The zero-order chi connectivity index (χ0) is 33.5. The summed E-state index contributed by atoms with van der Waals surface area (Å²) in [4.78, 5) is 24.9. The van der Waals surface area contributed by atoms with Crippen LogP contribution < -0.4 is 5.32 Å². The summed E-state index contributed by atoms with van der Waals surface area (Å²) in [5.74, 6) is -0.406. The number of hydrogen-bond donors (Lipinski definition) is 3. The summed E-state index contributed by atoms with van der Waals surface area (Å²) in [7, 11) is 0. The van der Waals surface area contributed by atoms with E-state index in [1.54, 1.807) is 36.0 Å². The predicted octanol–water partition coefficient (Wildman–Crippen LogP) is 8.06. The van der Waals surface area contributed by atoms with Crippen LogP contribution in [0.2, 0.25) is 0 Å². The molecule has 7 nitrogen and oxygen atoms in total. The van der Waals surface area contributed by atoms with Crippen molar-refractivity contribution in [3.63, 3.8) is 0 Å². The molecule has 0 unspecified atom stereocenters. The Labute approximate surface area is 284 Å². The van der Waals surface area contributed by atoms with Crippen LogP contribution in [-0.2, 0) is 22.6 Å². The van der Waals surface area contributed by atoms with Gasteiger partial charge in [0, 0.05) is 34.2 Å². The summed E-state index contributed by atoms with van der Waals surface area (Å²) in [6.45, 7) is 2.50. The van der Waals surface area contributed by atoms with E-state index in [1.165, 1.54) is 0 Å². The average molecular weight is 660 g/mol. The minimum absolute atomic E-state index is 0.0120. The van der Waals surface area contributed by atoms with E-state index in [4.69, 9.17) is 9.47 Å². The molecule has 0 bridgehead atoms. The van der Waals surface area contributed by atoms with Crippen LogP contribution >= 0.6 is 11.8 Å². The van der Waals surface area contributed by atoms with Gasteiger partial charge in [0.05, 0.1) is 24.4 Å². The van der Waals surface area contributed by atoms with Gasteiger partial charge < -0.3 is 25.0 Å². The number of thioether (sulfide) groups is 1. The summed E-state index contributed by atoms with van der Waals surface area (Å²) >= 11 is 1.62. The van der Waals surface area contributed by atoms with Gasteiger partial charge in [-0.05, 0) is 76.3 Å². The Bertz CT molecular complexity index is 1840. The molecule has 0 radical (unpaired) electrons. The van der Waals surface area contributed by atoms with Gasteiger partial charge in [0.15, 0.2) is 6.29 Å². The molecule has 244 valence electrons. The number of ether oxygens (including phenoxy) is 2. The maximum absolute atomic E-state index is 12.6. The third-order valence-electron chi connectivity index (χ3n) is 8.55. The van der Waals surface area contributed by atoms with Gasteiger partial charge in [-0.3, -0.25) is 4.79 Å². The molecule has 1 aliphatic heterocycles. The Hall–Kier alpha value is -4.73. The van der Waals surface area contributed by atoms with Crippen molar-refractivity contribution >= 4 is 23.6 Å². The Morgan fingerprint density at radius 2 is 1.44 bits per heavy atom. The molecule has 0 spiro atoms. The molecule has 1 fully saturated rings. The van der Waals surface area contributed by atoms with Crippen molar-refractivity contribution in [2.45, 2.75) is 43.5 Å². The van der Waals surface area contributed by atoms with Crippen LogP contribution in [0.1, 0.15) is 62.3 Å². The van der Waals surface area contributed by atoms with Gasteiger partial charge in [0.1, 0.15) is 0 Å². The Morgan fingerprint density at radius 1 is 0.729 bits per heavy atom. The lowest BCUT2D eigenvalue weighted by Crippen LogP contribution is -2.38. The first-order valence-electron chi connectivity index (χ1n) is 15.9. The molecule has 5 aromatic rings. The van der Waals surface area contributed by atoms with Crippen molar-refractivity contribution in [2.75, 3.05) is 5.75 Å². The minimum Gasteiger partial charge on any atom is -0.478 e. The van der Waals surface area contributed by atoms with Crippen molar-refractivity contribution in [3.05, 3.63) is 161 Å². The van der Waals surface area contributed by atoms with Crippen molar-refractivity contribution in [1.29, 1.82) is 0 Å². The van der Waals surface area contributed by atoms with Crippen LogP contribution in [0.4, 0.5) is 0 Å². The van der Waals surface area contributed by atoms with Crippen LogP contribution in [0.15, 0.2) is 132 Å². The number of nitrogens with one attached hydrogen (secondary N) is 1. The summed E-state index contributed by atoms with van der Waals surface area (Å²) < 4.78 is 13.3. The molecular weight excluding hydrogens is 623 g/mol. The second kappa shape index (κ2) is 15.4. The van der Waals surface area contributed by atoms with Crippen LogP contribution in [0.5, 0.6) is 0 Å². The fourth-order valence-corrected chi connectivity index (χ4v) is 6.85. The number of hydrogen-bond acceptors (Lipinski definition) is 6. The number of aromatic carboxylic acids is 1. The normalized spacial score (nSPS) is 19.0. The third kappa shape index (κ3) is 8.03. The highest BCUT2D eigenvalue weighted by Crippen LogP contribution is 2.43. The number of benzene rings is 5. The molecule has 48 heavy (non-hydrogen) atoms. The number of carbonyl (C=O) groups is 2. The van der Waals surface area contributed by atoms with Gasteiger partial charge in [-0.25, -0.2) is 4.79 Å². The molecule has 1 heterocycles. The lowest BCUT2D eigenvalue weighted by molar-refractivity contribution is -0.268. The molecule has 3 N–H and O–H groups in total. The number of carboxylic acids is 1. The van der Waals surface area contributed by atoms with E-state index in [-0.39, 0.29) is 36.2 Å². The summed E-state index contributed by atoms with van der Waals surface area (Å²) in [6.07, 6.45) is -1.05. The maximum Gasteiger partial charge on any atom is 0.335 e. The minimum atomic E-state index is -0.949. The van der Waals surface area contributed by atoms with E-state index in [2.05, 4.69) is 30.4 Å². The number of aliphatic hydroxyl groups excluding tert-OH is 1. The Morgan fingerprint density at radius 3 is 2.15 bits per heavy atom. The van der Waals surface area contributed by atoms with E-state index in [0.717, 1.165) is 38.3 Å². The standard InChI is InChI=1S/C40H37NO6S/c1-26-36(25-48-35-19-17-31(18-20-35)39(44)45)46-40(47-37(26)29-15-13-27(24-42)14-16-29)34-12-6-11-33(22-34)32-10-5-7-28(21-32)23-41-38(43)30-8-3-2-4-9-30/h2-22,26,36-37,40,42H,23-25H2,1H3,(H,41,43)(H,44,45)/t26-,36+,37+,40+/m0/s1. The van der Waals surface area contributed by atoms with E-state index in [0.29, 0.717) is 17.9 Å². The molecule has 8 heteroatoms.